The molecule has 0 radical (unpaired) electrons. The lowest BCUT2D eigenvalue weighted by molar-refractivity contribution is -0.137. The van der Waals surface area contributed by atoms with E-state index in [0.717, 1.165) is 117 Å². The summed E-state index contributed by atoms with van der Waals surface area (Å²) >= 11 is 0. The van der Waals surface area contributed by atoms with Crippen molar-refractivity contribution in [3.63, 3.8) is 0 Å². The first kappa shape index (κ1) is 43.4. The monoisotopic (exact) mass is 810 g/mol. The number of pyridine rings is 1. The number of carbonyl (C=O) groups excluding carboxylic acids is 2. The number of likely N-dealkylation sites (tertiary alicyclic amines) is 1. The molecule has 5 heterocycles. The molecule has 2 amide bonds. The van der Waals surface area contributed by atoms with Crippen LogP contribution in [0, 0.1) is 19.8 Å². The Morgan fingerprint density at radius 3 is 2.59 bits per heavy atom. The van der Waals surface area contributed by atoms with E-state index in [9.17, 15) is 19.5 Å². The van der Waals surface area contributed by atoms with Crippen LogP contribution in [0.4, 0.5) is 11.5 Å². The van der Waals surface area contributed by atoms with Gasteiger partial charge in [0.1, 0.15) is 5.82 Å². The zero-order valence-corrected chi connectivity index (χ0v) is 35.1. The predicted molar refractivity (Wildman–Crippen MR) is 230 cm³/mol. The molecular formula is C44H63N11O4. The number of rotatable bonds is 21. The molecule has 3 aromatic rings. The summed E-state index contributed by atoms with van der Waals surface area (Å²) in [4.78, 5) is 52.2. The van der Waals surface area contributed by atoms with Gasteiger partial charge in [0.2, 0.25) is 11.8 Å². The van der Waals surface area contributed by atoms with Crippen molar-refractivity contribution >= 4 is 29.3 Å². The van der Waals surface area contributed by atoms with Crippen molar-refractivity contribution in [2.45, 2.75) is 103 Å². The molecule has 2 atom stereocenters. The first-order valence-electron chi connectivity index (χ1n) is 21.8. The maximum atomic E-state index is 13.2. The summed E-state index contributed by atoms with van der Waals surface area (Å²) in [6, 6.07) is 12.9. The molecule has 2 aromatic heterocycles. The highest BCUT2D eigenvalue weighted by Crippen LogP contribution is 2.32. The van der Waals surface area contributed by atoms with Crippen LogP contribution in [0.15, 0.2) is 41.5 Å². The third kappa shape index (κ3) is 12.9. The van der Waals surface area contributed by atoms with Crippen LogP contribution in [0.25, 0.3) is 16.1 Å². The Hall–Kier alpha value is -5.14. The molecule has 0 spiro atoms. The van der Waals surface area contributed by atoms with Gasteiger partial charge in [-0.3, -0.25) is 14.4 Å². The van der Waals surface area contributed by atoms with Gasteiger partial charge in [-0.2, -0.15) is 5.10 Å². The van der Waals surface area contributed by atoms with Crippen molar-refractivity contribution in [2.24, 2.45) is 11.0 Å². The zero-order valence-electron chi connectivity index (χ0n) is 35.1. The fourth-order valence-corrected chi connectivity index (χ4v) is 8.83. The molecule has 3 N–H and O–H groups in total. The van der Waals surface area contributed by atoms with Gasteiger partial charge < -0.3 is 30.4 Å². The molecule has 0 aliphatic carbocycles. The van der Waals surface area contributed by atoms with Crippen molar-refractivity contribution in [1.82, 2.24) is 29.9 Å². The molecule has 3 aliphatic heterocycles. The van der Waals surface area contributed by atoms with Gasteiger partial charge in [-0.1, -0.05) is 24.0 Å². The quantitative estimate of drug-likeness (QED) is 0.0464. The first-order chi connectivity index (χ1) is 28.6. The fraction of sp³-hybridized carbons (Fsp3) is 0.614. The lowest BCUT2D eigenvalue weighted by Gasteiger charge is -2.37. The molecule has 0 bridgehead atoms. The zero-order chi connectivity index (χ0) is 41.6. The Balaban J connectivity index is 1.04. The molecule has 2 fully saturated rings. The second-order valence-corrected chi connectivity index (χ2v) is 16.7. The number of fused-ring (bicyclic) bond motifs is 1. The molecule has 0 saturated carbocycles. The van der Waals surface area contributed by atoms with Crippen molar-refractivity contribution in [2.75, 3.05) is 75.7 Å². The number of hydrogen-bond donors (Lipinski definition) is 3. The Kier molecular flexibility index (Phi) is 16.0. The van der Waals surface area contributed by atoms with Gasteiger partial charge in [0, 0.05) is 99.6 Å². The number of aryl methyl sites for hydroxylation is 4. The largest absolute Gasteiger partial charge is 0.481 e. The summed E-state index contributed by atoms with van der Waals surface area (Å²) in [5.74, 6) is 0.613. The first-order valence-corrected chi connectivity index (χ1v) is 21.8. The van der Waals surface area contributed by atoms with Crippen molar-refractivity contribution in [3.8, 4) is 5.69 Å². The van der Waals surface area contributed by atoms with Crippen LogP contribution in [-0.4, -0.2) is 113 Å². The predicted octanol–water partition coefficient (Wildman–Crippen LogP) is 6.56. The van der Waals surface area contributed by atoms with Gasteiger partial charge in [0.05, 0.1) is 17.8 Å². The normalized spacial score (nSPS) is 17.2. The Morgan fingerprint density at radius 1 is 1.00 bits per heavy atom. The number of aliphatic carboxylic acids is 1. The summed E-state index contributed by atoms with van der Waals surface area (Å²) in [6.45, 7) is 11.2. The second-order valence-electron chi connectivity index (χ2n) is 16.7. The molecule has 1 aromatic carbocycles. The van der Waals surface area contributed by atoms with E-state index in [0.29, 0.717) is 71.0 Å². The average Bonchev–Trinajstić information content (AvgIpc) is 3.84. The topological polar surface area (TPSA) is 185 Å². The van der Waals surface area contributed by atoms with E-state index >= 15 is 0 Å². The summed E-state index contributed by atoms with van der Waals surface area (Å²) in [5.41, 5.74) is 15.6. The van der Waals surface area contributed by atoms with Gasteiger partial charge in [0.15, 0.2) is 0 Å². The van der Waals surface area contributed by atoms with E-state index < -0.39 is 5.97 Å². The molecule has 2 saturated heterocycles. The van der Waals surface area contributed by atoms with Crippen LogP contribution in [0.2, 0.25) is 0 Å². The van der Waals surface area contributed by atoms with Crippen LogP contribution >= 0.6 is 0 Å². The average molecular weight is 810 g/mol. The highest BCUT2D eigenvalue weighted by molar-refractivity contribution is 5.79. The number of piperazine rings is 1. The van der Waals surface area contributed by atoms with Crippen molar-refractivity contribution in [3.05, 3.63) is 75.0 Å². The SMILES string of the molecule is Cc1cc(C)n(-c2cc([C@@H](CC(=O)O)CN3CC[C@@H](CCc4ccc5c(n4)NCCC5)C3)cc(N3CCN(C(=O)CCCC(=O)NCCCCCCN=[N+]=[N-])CC3)c2)n1. The van der Waals surface area contributed by atoms with E-state index in [2.05, 4.69) is 60.8 Å². The van der Waals surface area contributed by atoms with Gasteiger partial charge in [0.25, 0.3) is 0 Å². The van der Waals surface area contributed by atoms with Crippen LogP contribution < -0.4 is 15.5 Å². The minimum atomic E-state index is -0.809. The third-order valence-electron chi connectivity index (χ3n) is 12.0. The Morgan fingerprint density at radius 2 is 1.81 bits per heavy atom. The van der Waals surface area contributed by atoms with Crippen LogP contribution in [0.1, 0.15) is 105 Å². The number of hydrogen-bond acceptors (Lipinski definition) is 9. The van der Waals surface area contributed by atoms with Crippen LogP contribution in [0.3, 0.4) is 0 Å². The smallest absolute Gasteiger partial charge is 0.304 e. The minimum Gasteiger partial charge on any atom is -0.481 e. The van der Waals surface area contributed by atoms with Crippen LogP contribution in [0.5, 0.6) is 0 Å². The fourth-order valence-electron chi connectivity index (χ4n) is 8.83. The number of carbonyl (C=O) groups is 3. The number of azide groups is 1. The highest BCUT2D eigenvalue weighted by atomic mass is 16.4. The van der Waals surface area contributed by atoms with E-state index in [-0.39, 0.29) is 24.2 Å². The lowest BCUT2D eigenvalue weighted by atomic mass is 9.93. The number of unbranched alkanes of at least 4 members (excludes halogenated alkanes) is 3. The standard InChI is InChI=1S/C44H63N11O4/c1-32-25-33(2)55(50-32)40-27-36(37(28-43(58)59)31-52-20-16-34(30-52)12-14-38-15-13-35-9-8-18-47-44(35)49-38)26-39(29-40)53-21-23-54(24-22-53)42(57)11-7-10-41(56)46-17-5-3-4-6-19-48-51-45/h13,15,25-27,29,34,37H,3-12,14,16-24,28,30-31H2,1-2H3,(H,46,56)(H,47,49)(H,58,59)/t34-,37+/m1/s1. The molecule has 0 unspecified atom stereocenters. The van der Waals surface area contributed by atoms with Gasteiger partial charge >= 0.3 is 5.97 Å². The molecule has 15 heteroatoms. The Bertz CT molecular complexity index is 1930. The lowest BCUT2D eigenvalue weighted by Crippen LogP contribution is -2.48. The molecule has 6 rings (SSSR count). The van der Waals surface area contributed by atoms with E-state index in [1.165, 1.54) is 5.56 Å². The molecule has 15 nitrogen and oxygen atoms in total. The van der Waals surface area contributed by atoms with E-state index in [1.807, 2.05) is 29.5 Å². The maximum Gasteiger partial charge on any atom is 0.304 e. The Labute approximate surface area is 348 Å². The second kappa shape index (κ2) is 21.7. The number of nitrogens with one attached hydrogen (secondary N) is 2. The minimum absolute atomic E-state index is 0.0306. The number of anilines is 2. The van der Waals surface area contributed by atoms with Gasteiger partial charge in [-0.05, 0) is 125 Å². The number of amides is 2. The number of carboxylic acids is 1. The summed E-state index contributed by atoms with van der Waals surface area (Å²) in [6.07, 6.45) is 10.2. The number of carboxylic acid groups (broad SMARTS) is 1. The molecule has 59 heavy (non-hydrogen) atoms. The molecular weight excluding hydrogens is 747 g/mol. The van der Waals surface area contributed by atoms with E-state index in [4.69, 9.17) is 15.6 Å². The summed E-state index contributed by atoms with van der Waals surface area (Å²) in [7, 11) is 0. The van der Waals surface area contributed by atoms with Gasteiger partial charge in [-0.25, -0.2) is 9.67 Å². The number of aromatic nitrogens is 3. The van der Waals surface area contributed by atoms with Crippen molar-refractivity contribution in [1.29, 1.82) is 0 Å². The third-order valence-corrected chi connectivity index (χ3v) is 12.0. The molecule has 3 aliphatic rings. The summed E-state index contributed by atoms with van der Waals surface area (Å²) in [5, 5.41) is 24.9. The molecule has 318 valence electrons. The number of nitrogens with zero attached hydrogens (tertiary/aromatic N) is 9. The maximum absolute atomic E-state index is 13.2. The van der Waals surface area contributed by atoms with E-state index in [1.54, 1.807) is 0 Å². The highest BCUT2D eigenvalue weighted by Gasteiger charge is 2.29. The van der Waals surface area contributed by atoms with Crippen LogP contribution in [-0.2, 0) is 27.2 Å². The number of benzene rings is 1. The van der Waals surface area contributed by atoms with Crippen molar-refractivity contribution < 1.29 is 19.5 Å². The summed E-state index contributed by atoms with van der Waals surface area (Å²) < 4.78 is 1.95. The van der Waals surface area contributed by atoms with Gasteiger partial charge in [-0.15, -0.1) is 0 Å².